The summed E-state index contributed by atoms with van der Waals surface area (Å²) < 4.78 is 10.8. The number of hydrogen-bond donors (Lipinski definition) is 2. The number of ether oxygens (including phenoxy) is 2. The van der Waals surface area contributed by atoms with Crippen LogP contribution in [0.3, 0.4) is 0 Å². The van der Waals surface area contributed by atoms with E-state index in [1.165, 1.54) is 42.9 Å². The SMILES string of the molecule is CCc1ccc(C[NH+]2CC[NH+](Cc3ccc(OC)cc3OC)CC2)cc1. The molecule has 1 saturated heterocycles. The van der Waals surface area contributed by atoms with E-state index in [4.69, 9.17) is 9.47 Å². The van der Waals surface area contributed by atoms with Crippen LogP contribution in [0.2, 0.25) is 0 Å². The maximum atomic E-state index is 5.55. The summed E-state index contributed by atoms with van der Waals surface area (Å²) in [6.45, 7) is 9.23. The lowest BCUT2D eigenvalue weighted by Crippen LogP contribution is -3.27. The van der Waals surface area contributed by atoms with E-state index in [1.54, 1.807) is 24.0 Å². The second-order valence-electron chi connectivity index (χ2n) is 7.20. The van der Waals surface area contributed by atoms with Crippen LogP contribution in [0.5, 0.6) is 11.5 Å². The van der Waals surface area contributed by atoms with Crippen LogP contribution in [0.1, 0.15) is 23.6 Å². The molecule has 4 heteroatoms. The van der Waals surface area contributed by atoms with Crippen molar-refractivity contribution in [1.82, 2.24) is 0 Å². The highest BCUT2D eigenvalue weighted by molar-refractivity contribution is 5.40. The molecule has 1 fully saturated rings. The molecular formula is C22H32N2O2+2. The molecule has 0 aliphatic carbocycles. The molecule has 1 heterocycles. The third-order valence-electron chi connectivity index (χ3n) is 5.48. The molecule has 0 atom stereocenters. The third kappa shape index (κ3) is 4.77. The van der Waals surface area contributed by atoms with Crippen LogP contribution in [0.15, 0.2) is 42.5 Å². The molecule has 0 spiro atoms. The van der Waals surface area contributed by atoms with Gasteiger partial charge in [0.05, 0.1) is 14.2 Å². The van der Waals surface area contributed by atoms with Crippen molar-refractivity contribution >= 4 is 0 Å². The third-order valence-corrected chi connectivity index (χ3v) is 5.48. The molecule has 1 aliphatic rings. The van der Waals surface area contributed by atoms with Gasteiger partial charge in [-0.1, -0.05) is 31.2 Å². The van der Waals surface area contributed by atoms with E-state index in [-0.39, 0.29) is 0 Å². The number of aryl methyl sites for hydroxylation is 1. The molecule has 0 saturated carbocycles. The van der Waals surface area contributed by atoms with Crippen molar-refractivity contribution < 1.29 is 19.3 Å². The van der Waals surface area contributed by atoms with Gasteiger partial charge in [-0.2, -0.15) is 0 Å². The van der Waals surface area contributed by atoms with Crippen LogP contribution >= 0.6 is 0 Å². The fourth-order valence-electron chi connectivity index (χ4n) is 3.76. The Morgan fingerprint density at radius 3 is 1.96 bits per heavy atom. The molecule has 26 heavy (non-hydrogen) atoms. The topological polar surface area (TPSA) is 27.3 Å². The smallest absolute Gasteiger partial charge is 0.131 e. The summed E-state index contributed by atoms with van der Waals surface area (Å²) in [6.07, 6.45) is 1.12. The number of rotatable bonds is 7. The van der Waals surface area contributed by atoms with E-state index in [0.29, 0.717) is 0 Å². The zero-order chi connectivity index (χ0) is 18.4. The molecule has 0 bridgehead atoms. The summed E-state index contributed by atoms with van der Waals surface area (Å²) in [4.78, 5) is 3.33. The molecule has 0 unspecified atom stereocenters. The Hall–Kier alpha value is -2.04. The Bertz CT molecular complexity index is 692. The molecule has 0 aromatic heterocycles. The average molecular weight is 357 g/mol. The molecular weight excluding hydrogens is 324 g/mol. The highest BCUT2D eigenvalue weighted by Crippen LogP contribution is 2.23. The summed E-state index contributed by atoms with van der Waals surface area (Å²) >= 11 is 0. The predicted molar refractivity (Wildman–Crippen MR) is 104 cm³/mol. The lowest BCUT2D eigenvalue weighted by Gasteiger charge is -2.30. The number of quaternary nitrogens is 2. The van der Waals surface area contributed by atoms with Gasteiger partial charge >= 0.3 is 0 Å². The van der Waals surface area contributed by atoms with Gasteiger partial charge in [0.2, 0.25) is 0 Å². The molecule has 2 N–H and O–H groups in total. The van der Waals surface area contributed by atoms with Crippen molar-refractivity contribution in [2.75, 3.05) is 40.4 Å². The first-order valence-electron chi connectivity index (χ1n) is 9.67. The minimum atomic E-state index is 0.851. The minimum Gasteiger partial charge on any atom is -0.497 e. The largest absolute Gasteiger partial charge is 0.497 e. The summed E-state index contributed by atoms with van der Waals surface area (Å²) in [7, 11) is 3.43. The first-order chi connectivity index (χ1) is 12.7. The van der Waals surface area contributed by atoms with Crippen LogP contribution in [-0.4, -0.2) is 40.4 Å². The van der Waals surface area contributed by atoms with Gasteiger partial charge in [0.1, 0.15) is 50.8 Å². The lowest BCUT2D eigenvalue weighted by atomic mass is 10.1. The van der Waals surface area contributed by atoms with Gasteiger partial charge in [0.15, 0.2) is 0 Å². The molecule has 0 amide bonds. The monoisotopic (exact) mass is 356 g/mol. The highest BCUT2D eigenvalue weighted by atomic mass is 16.5. The standard InChI is InChI=1S/C22H30N2O2/c1-4-18-5-7-19(8-6-18)16-23-11-13-24(14-12-23)17-20-9-10-21(25-2)15-22(20)26-3/h5-10,15H,4,11-14,16-17H2,1-3H3/p+2. The summed E-state index contributed by atoms with van der Waals surface area (Å²) in [6, 6.07) is 15.3. The van der Waals surface area contributed by atoms with Crippen molar-refractivity contribution in [3.05, 3.63) is 59.2 Å². The normalized spacial score (nSPS) is 20.0. The van der Waals surface area contributed by atoms with Gasteiger partial charge in [0, 0.05) is 17.2 Å². The van der Waals surface area contributed by atoms with Crippen LogP contribution in [-0.2, 0) is 19.5 Å². The first kappa shape index (κ1) is 18.7. The second-order valence-corrected chi connectivity index (χ2v) is 7.20. The summed E-state index contributed by atoms with van der Waals surface area (Å²) in [5, 5.41) is 0. The average Bonchev–Trinajstić information content (AvgIpc) is 2.70. The lowest BCUT2D eigenvalue weighted by molar-refractivity contribution is -1.02. The van der Waals surface area contributed by atoms with Gasteiger partial charge in [0.25, 0.3) is 0 Å². The van der Waals surface area contributed by atoms with Crippen LogP contribution < -0.4 is 19.3 Å². The van der Waals surface area contributed by atoms with E-state index < -0.39 is 0 Å². The van der Waals surface area contributed by atoms with Crippen molar-refractivity contribution in [2.45, 2.75) is 26.4 Å². The zero-order valence-electron chi connectivity index (χ0n) is 16.3. The maximum Gasteiger partial charge on any atom is 0.131 e. The Morgan fingerprint density at radius 1 is 0.769 bits per heavy atom. The van der Waals surface area contributed by atoms with E-state index in [9.17, 15) is 0 Å². The fourth-order valence-corrected chi connectivity index (χ4v) is 3.76. The maximum absolute atomic E-state index is 5.55. The minimum absolute atomic E-state index is 0.851. The highest BCUT2D eigenvalue weighted by Gasteiger charge is 2.24. The van der Waals surface area contributed by atoms with Crippen LogP contribution in [0, 0.1) is 0 Å². The zero-order valence-corrected chi connectivity index (χ0v) is 16.3. The Balaban J connectivity index is 1.52. The second kappa shape index (κ2) is 9.06. The van der Waals surface area contributed by atoms with E-state index in [1.807, 2.05) is 12.1 Å². The summed E-state index contributed by atoms with van der Waals surface area (Å²) in [5.74, 6) is 1.78. The number of piperazine rings is 1. The van der Waals surface area contributed by atoms with Crippen molar-refractivity contribution in [3.8, 4) is 11.5 Å². The van der Waals surface area contributed by atoms with Gasteiger partial charge < -0.3 is 19.3 Å². The van der Waals surface area contributed by atoms with E-state index in [0.717, 1.165) is 31.0 Å². The number of methoxy groups -OCH3 is 2. The van der Waals surface area contributed by atoms with Gasteiger partial charge in [-0.05, 0) is 24.1 Å². The molecule has 0 radical (unpaired) electrons. The van der Waals surface area contributed by atoms with Gasteiger partial charge in [-0.15, -0.1) is 0 Å². The van der Waals surface area contributed by atoms with Crippen molar-refractivity contribution in [2.24, 2.45) is 0 Å². The fraction of sp³-hybridized carbons (Fsp3) is 0.455. The van der Waals surface area contributed by atoms with Crippen molar-refractivity contribution in [1.29, 1.82) is 0 Å². The first-order valence-corrected chi connectivity index (χ1v) is 9.67. The molecule has 2 aromatic rings. The Kier molecular flexibility index (Phi) is 6.53. The Labute approximate surface area is 157 Å². The molecule has 4 nitrogen and oxygen atoms in total. The van der Waals surface area contributed by atoms with Crippen molar-refractivity contribution in [3.63, 3.8) is 0 Å². The number of benzene rings is 2. The number of hydrogen-bond acceptors (Lipinski definition) is 2. The Morgan fingerprint density at radius 2 is 1.38 bits per heavy atom. The van der Waals surface area contributed by atoms with E-state index >= 15 is 0 Å². The molecule has 2 aromatic carbocycles. The van der Waals surface area contributed by atoms with Crippen LogP contribution in [0.4, 0.5) is 0 Å². The van der Waals surface area contributed by atoms with Crippen LogP contribution in [0.25, 0.3) is 0 Å². The van der Waals surface area contributed by atoms with Gasteiger partial charge in [-0.25, -0.2) is 0 Å². The quantitative estimate of drug-likeness (QED) is 0.766. The van der Waals surface area contributed by atoms with Gasteiger partial charge in [-0.3, -0.25) is 0 Å². The molecule has 3 rings (SSSR count). The number of nitrogens with one attached hydrogen (secondary N) is 2. The summed E-state index contributed by atoms with van der Waals surface area (Å²) in [5.41, 5.74) is 4.14. The molecule has 140 valence electrons. The molecule has 1 aliphatic heterocycles. The van der Waals surface area contributed by atoms with E-state index in [2.05, 4.69) is 37.3 Å². The predicted octanol–water partition coefficient (Wildman–Crippen LogP) is 0.750.